The average molecular weight is 277 g/mol. The summed E-state index contributed by atoms with van der Waals surface area (Å²) in [5, 5.41) is 0. The van der Waals surface area contributed by atoms with Crippen molar-refractivity contribution in [1.82, 2.24) is 0 Å². The van der Waals surface area contributed by atoms with Crippen LogP contribution in [0, 0.1) is 5.41 Å². The first-order valence-corrected chi connectivity index (χ1v) is 8.04. The van der Waals surface area contributed by atoms with Gasteiger partial charge in [0.1, 0.15) is 0 Å². The molecule has 0 aromatic rings. The van der Waals surface area contributed by atoms with E-state index in [9.17, 15) is 0 Å². The van der Waals surface area contributed by atoms with Crippen LogP contribution in [0.1, 0.15) is 51.4 Å². The fourth-order valence-corrected chi connectivity index (χ4v) is 6.31. The van der Waals surface area contributed by atoms with E-state index in [2.05, 4.69) is 0 Å². The van der Waals surface area contributed by atoms with Crippen LogP contribution in [-0.2, 0) is 0 Å². The van der Waals surface area contributed by atoms with Crippen molar-refractivity contribution in [1.29, 1.82) is 0 Å². The monoisotopic (exact) mass is 277 g/mol. The summed E-state index contributed by atoms with van der Waals surface area (Å²) < 4.78 is 2.71. The normalized spacial score (nSPS) is 44.7. The van der Waals surface area contributed by atoms with Crippen molar-refractivity contribution in [3.05, 3.63) is 0 Å². The molecule has 0 radical (unpaired) electrons. The van der Waals surface area contributed by atoms with E-state index in [-0.39, 0.29) is 0 Å². The van der Waals surface area contributed by atoms with E-state index in [1.54, 1.807) is 49.4 Å². The Bertz CT molecular complexity index is 187. The van der Waals surface area contributed by atoms with Crippen LogP contribution in [0.4, 0.5) is 0 Å². The van der Waals surface area contributed by atoms with Crippen LogP contribution in [0.5, 0.6) is 0 Å². The molecule has 3 rings (SSSR count). The fourth-order valence-electron chi connectivity index (χ4n) is 3.39. The molecule has 1 heterocycles. The van der Waals surface area contributed by atoms with Crippen LogP contribution in [0.2, 0.25) is 0 Å². The molecule has 0 amide bonds. The van der Waals surface area contributed by atoms with E-state index >= 15 is 0 Å². The number of rotatable bonds is 0. The van der Waals surface area contributed by atoms with Crippen molar-refractivity contribution >= 4 is 0 Å². The average Bonchev–Trinajstić information content (AvgIpc) is 2.75. The summed E-state index contributed by atoms with van der Waals surface area (Å²) >= 11 is 0.697. The fraction of sp³-hybridized carbons (Fsp3) is 1.00. The van der Waals surface area contributed by atoms with Gasteiger partial charge in [-0.25, -0.2) is 0 Å². The molecule has 3 aliphatic rings. The number of hydrogen-bond donors (Lipinski definition) is 0. The molecule has 0 N–H and O–H groups in total. The molecule has 12 heavy (non-hydrogen) atoms. The van der Waals surface area contributed by atoms with Crippen molar-refractivity contribution in [2.75, 3.05) is 4.43 Å². The molecule has 3 fully saturated rings. The first kappa shape index (κ1) is 8.07. The summed E-state index contributed by atoms with van der Waals surface area (Å²) in [6.07, 6.45) is 12.8. The van der Waals surface area contributed by atoms with Gasteiger partial charge in [0.05, 0.1) is 0 Å². The van der Waals surface area contributed by atoms with E-state index in [1.807, 2.05) is 0 Å². The van der Waals surface area contributed by atoms with Gasteiger partial charge in [-0.2, -0.15) is 0 Å². The van der Waals surface area contributed by atoms with Crippen molar-refractivity contribution < 1.29 is 21.2 Å². The van der Waals surface area contributed by atoms with Gasteiger partial charge >= 0.3 is 85.8 Å². The third-order valence-electron chi connectivity index (χ3n) is 4.22. The summed E-state index contributed by atoms with van der Waals surface area (Å²) in [7, 11) is 0. The van der Waals surface area contributed by atoms with Crippen molar-refractivity contribution in [2.45, 2.75) is 54.8 Å². The zero-order valence-electron chi connectivity index (χ0n) is 7.74. The molecule has 1 heteroatoms. The molecular weight excluding hydrogens is 259 g/mol. The third-order valence-corrected chi connectivity index (χ3v) is 8.06. The third kappa shape index (κ3) is 1.23. The minimum atomic E-state index is 0.697. The molecular formula is C11H18I-. The zero-order valence-corrected chi connectivity index (χ0v) is 9.90. The van der Waals surface area contributed by atoms with E-state index in [0.29, 0.717) is 21.2 Å². The Balaban J connectivity index is 1.74. The van der Waals surface area contributed by atoms with Crippen LogP contribution in [0.15, 0.2) is 0 Å². The molecule has 1 unspecified atom stereocenters. The van der Waals surface area contributed by atoms with Crippen LogP contribution < -0.4 is 21.2 Å². The summed E-state index contributed by atoms with van der Waals surface area (Å²) in [6.45, 7) is 0. The van der Waals surface area contributed by atoms with Gasteiger partial charge in [0.25, 0.3) is 0 Å². The Morgan fingerprint density at radius 1 is 0.833 bits per heavy atom. The van der Waals surface area contributed by atoms with Crippen LogP contribution in [-0.4, -0.2) is 7.85 Å². The molecule has 2 saturated carbocycles. The van der Waals surface area contributed by atoms with Crippen molar-refractivity contribution in [3.8, 4) is 0 Å². The molecule has 0 aromatic carbocycles. The van der Waals surface area contributed by atoms with E-state index in [1.165, 1.54) is 6.42 Å². The summed E-state index contributed by atoms with van der Waals surface area (Å²) in [5.74, 6) is 0. The Labute approximate surface area is 85.8 Å². The second-order valence-corrected chi connectivity index (χ2v) is 8.97. The van der Waals surface area contributed by atoms with Crippen LogP contribution >= 0.6 is 0 Å². The summed E-state index contributed by atoms with van der Waals surface area (Å²) in [5.41, 5.74) is 0.897. The minimum absolute atomic E-state index is 0.697. The van der Waals surface area contributed by atoms with Crippen molar-refractivity contribution in [2.24, 2.45) is 5.41 Å². The Morgan fingerprint density at radius 3 is 2.17 bits per heavy atom. The Hall–Kier alpha value is 0.730. The van der Waals surface area contributed by atoms with E-state index in [4.69, 9.17) is 0 Å². The molecule has 0 nitrogen and oxygen atoms in total. The van der Waals surface area contributed by atoms with E-state index in [0.717, 1.165) is 8.84 Å². The van der Waals surface area contributed by atoms with Gasteiger partial charge in [-0.1, -0.05) is 0 Å². The van der Waals surface area contributed by atoms with Crippen LogP contribution in [0.25, 0.3) is 0 Å². The maximum atomic E-state index is 1.69. The predicted octanol–water partition coefficient (Wildman–Crippen LogP) is -0.0378. The van der Waals surface area contributed by atoms with Gasteiger partial charge < -0.3 is 0 Å². The quantitative estimate of drug-likeness (QED) is 0.431. The number of hydrogen-bond acceptors (Lipinski definition) is 0. The Morgan fingerprint density at radius 2 is 1.58 bits per heavy atom. The standard InChI is InChI=1S/C11H18I/c1-2-4-10(5-3-1)6-7-11(8-10)9-12-11/h1-9H2/q-1. The first-order valence-electron chi connectivity index (χ1n) is 5.43. The second-order valence-electron chi connectivity index (χ2n) is 5.16. The SMILES string of the molecule is C1CCC2(CC1)CCC1(C[I-]1)C2. The molecule has 70 valence electrons. The van der Waals surface area contributed by atoms with Gasteiger partial charge in [-0.15, -0.1) is 0 Å². The molecule has 1 aliphatic heterocycles. The predicted molar refractivity (Wildman–Crippen MR) is 47.0 cm³/mol. The summed E-state index contributed by atoms with van der Waals surface area (Å²) in [4.78, 5) is 0. The van der Waals surface area contributed by atoms with Gasteiger partial charge in [-0.05, 0) is 0 Å². The van der Waals surface area contributed by atoms with Gasteiger partial charge in [0.2, 0.25) is 0 Å². The second kappa shape index (κ2) is 2.61. The van der Waals surface area contributed by atoms with Crippen molar-refractivity contribution in [3.63, 3.8) is 0 Å². The van der Waals surface area contributed by atoms with Crippen LogP contribution in [0.3, 0.4) is 0 Å². The van der Waals surface area contributed by atoms with Gasteiger partial charge in [-0.3, -0.25) is 0 Å². The molecule has 1 atom stereocenters. The van der Waals surface area contributed by atoms with Gasteiger partial charge in [0.15, 0.2) is 0 Å². The maximum absolute atomic E-state index is 1.69. The molecule has 0 aromatic heterocycles. The molecule has 0 bridgehead atoms. The zero-order chi connectivity index (χ0) is 8.07. The topological polar surface area (TPSA) is 0 Å². The number of alkyl halides is 2. The first-order chi connectivity index (χ1) is 5.83. The summed E-state index contributed by atoms with van der Waals surface area (Å²) in [6, 6.07) is 0. The van der Waals surface area contributed by atoms with E-state index < -0.39 is 0 Å². The number of halogens is 1. The van der Waals surface area contributed by atoms with Gasteiger partial charge in [0, 0.05) is 0 Å². The Kier molecular flexibility index (Phi) is 1.76. The molecule has 2 spiro atoms. The molecule has 1 saturated heterocycles. The molecule has 2 aliphatic carbocycles.